The molecule has 1 saturated heterocycles. The quantitative estimate of drug-likeness (QED) is 0.617. The minimum absolute atomic E-state index is 0.00123. The lowest BCUT2D eigenvalue weighted by Crippen LogP contribution is -2.38. The highest BCUT2D eigenvalue weighted by Gasteiger charge is 2.25. The third-order valence-electron chi connectivity index (χ3n) is 3.73. The normalized spacial score (nSPS) is 18.0. The lowest BCUT2D eigenvalue weighted by Gasteiger charge is -2.34. The van der Waals surface area contributed by atoms with Gasteiger partial charge in [0.1, 0.15) is 6.10 Å². The van der Waals surface area contributed by atoms with Crippen molar-refractivity contribution in [2.75, 3.05) is 31.2 Å². The van der Waals surface area contributed by atoms with Gasteiger partial charge in [-0.15, -0.1) is 11.3 Å². The Kier molecular flexibility index (Phi) is 4.78. The van der Waals surface area contributed by atoms with Crippen LogP contribution in [-0.4, -0.2) is 31.2 Å². The van der Waals surface area contributed by atoms with E-state index in [2.05, 4.69) is 11.0 Å². The van der Waals surface area contributed by atoms with Gasteiger partial charge in [-0.25, -0.2) is 0 Å². The van der Waals surface area contributed by atoms with Gasteiger partial charge in [-0.2, -0.15) is 0 Å². The van der Waals surface area contributed by atoms with Gasteiger partial charge in [0.05, 0.1) is 18.1 Å². The van der Waals surface area contributed by atoms with Gasteiger partial charge in [-0.05, 0) is 24.4 Å². The Labute approximate surface area is 138 Å². The van der Waals surface area contributed by atoms with Crippen LogP contribution in [0.1, 0.15) is 17.9 Å². The number of morpholine rings is 1. The fraction of sp³-hybridized carbons (Fsp3) is 0.375. The molecule has 3 rings (SSSR count). The molecule has 0 aliphatic carbocycles. The molecule has 7 heteroatoms. The van der Waals surface area contributed by atoms with Gasteiger partial charge < -0.3 is 14.4 Å². The van der Waals surface area contributed by atoms with Crippen LogP contribution >= 0.6 is 11.3 Å². The largest absolute Gasteiger partial charge is 0.487 e. The lowest BCUT2D eigenvalue weighted by atomic mass is 10.2. The zero-order valence-electron chi connectivity index (χ0n) is 12.8. The van der Waals surface area contributed by atoms with Gasteiger partial charge in [-0.1, -0.05) is 6.07 Å². The molecule has 23 heavy (non-hydrogen) atoms. The number of nitro benzene ring substituents is 1. The Morgan fingerprint density at radius 1 is 1.48 bits per heavy atom. The zero-order valence-corrected chi connectivity index (χ0v) is 13.6. The molecule has 1 aromatic heterocycles. The predicted molar refractivity (Wildman–Crippen MR) is 89.5 cm³/mol. The average Bonchev–Trinajstić information content (AvgIpc) is 3.09. The number of anilines is 1. The Bertz CT molecular complexity index is 675. The smallest absolute Gasteiger partial charge is 0.311 e. The van der Waals surface area contributed by atoms with Crippen LogP contribution in [0.5, 0.6) is 5.75 Å². The van der Waals surface area contributed by atoms with Crippen molar-refractivity contribution in [3.63, 3.8) is 0 Å². The SMILES string of the molecule is CCOc1cc(N2CCOC(c3cccs3)C2)ccc1[N+](=O)[O-]. The van der Waals surface area contributed by atoms with Gasteiger partial charge in [0, 0.05) is 35.8 Å². The summed E-state index contributed by atoms with van der Waals surface area (Å²) in [6.45, 7) is 4.32. The number of hydrogen-bond acceptors (Lipinski definition) is 6. The molecule has 0 spiro atoms. The van der Waals surface area contributed by atoms with E-state index in [-0.39, 0.29) is 11.8 Å². The summed E-state index contributed by atoms with van der Waals surface area (Å²) in [5.74, 6) is 0.314. The molecular formula is C16H18N2O4S. The first-order valence-corrected chi connectivity index (χ1v) is 8.38. The highest BCUT2D eigenvalue weighted by molar-refractivity contribution is 7.10. The van der Waals surface area contributed by atoms with Gasteiger partial charge in [0.15, 0.2) is 5.75 Å². The van der Waals surface area contributed by atoms with E-state index in [0.717, 1.165) is 18.8 Å². The summed E-state index contributed by atoms with van der Waals surface area (Å²) in [4.78, 5) is 14.0. The minimum Gasteiger partial charge on any atom is -0.487 e. The van der Waals surface area contributed by atoms with Crippen molar-refractivity contribution in [2.45, 2.75) is 13.0 Å². The fourth-order valence-electron chi connectivity index (χ4n) is 2.65. The maximum absolute atomic E-state index is 11.1. The van der Waals surface area contributed by atoms with E-state index in [1.807, 2.05) is 18.4 Å². The van der Waals surface area contributed by atoms with Crippen LogP contribution in [0.4, 0.5) is 11.4 Å². The number of ether oxygens (including phenoxy) is 2. The number of benzene rings is 1. The van der Waals surface area contributed by atoms with Gasteiger partial charge >= 0.3 is 5.69 Å². The van der Waals surface area contributed by atoms with Crippen LogP contribution in [0.25, 0.3) is 0 Å². The molecule has 122 valence electrons. The molecule has 2 heterocycles. The van der Waals surface area contributed by atoms with Crippen LogP contribution in [0.3, 0.4) is 0 Å². The van der Waals surface area contributed by atoms with Crippen molar-refractivity contribution >= 4 is 22.7 Å². The summed E-state index contributed by atoms with van der Waals surface area (Å²) in [6, 6.07) is 9.12. The van der Waals surface area contributed by atoms with Crippen molar-refractivity contribution in [2.24, 2.45) is 0 Å². The van der Waals surface area contributed by atoms with Gasteiger partial charge in [-0.3, -0.25) is 10.1 Å². The maximum Gasteiger partial charge on any atom is 0.311 e. The Hall–Kier alpha value is -2.12. The van der Waals surface area contributed by atoms with Gasteiger partial charge in [0.2, 0.25) is 0 Å². The molecule has 6 nitrogen and oxygen atoms in total. The molecule has 0 radical (unpaired) electrons. The second-order valence-corrected chi connectivity index (χ2v) is 6.14. The standard InChI is InChI=1S/C16H18N2O4S/c1-2-21-14-10-12(5-6-13(14)18(19)20)17-7-8-22-15(11-17)16-4-3-9-23-16/h3-6,9-10,15H,2,7-8,11H2,1H3. The monoisotopic (exact) mass is 334 g/mol. The molecule has 1 aromatic carbocycles. The Morgan fingerprint density at radius 2 is 2.35 bits per heavy atom. The third-order valence-corrected chi connectivity index (χ3v) is 4.70. The molecule has 0 N–H and O–H groups in total. The molecule has 1 aliphatic rings. The van der Waals surface area contributed by atoms with Crippen molar-refractivity contribution < 1.29 is 14.4 Å². The van der Waals surface area contributed by atoms with Crippen LogP contribution in [-0.2, 0) is 4.74 Å². The number of hydrogen-bond donors (Lipinski definition) is 0. The summed E-state index contributed by atoms with van der Waals surface area (Å²) in [5, 5.41) is 13.1. The van der Waals surface area contributed by atoms with Crippen LogP contribution in [0.15, 0.2) is 35.7 Å². The molecule has 0 amide bonds. The number of thiophene rings is 1. The molecule has 1 aliphatic heterocycles. The second-order valence-electron chi connectivity index (χ2n) is 5.16. The fourth-order valence-corrected chi connectivity index (χ4v) is 3.42. The van der Waals surface area contributed by atoms with E-state index in [1.54, 1.807) is 23.5 Å². The summed E-state index contributed by atoms with van der Waals surface area (Å²) < 4.78 is 11.3. The highest BCUT2D eigenvalue weighted by Crippen LogP contribution is 2.34. The summed E-state index contributed by atoms with van der Waals surface area (Å²) >= 11 is 1.68. The van der Waals surface area contributed by atoms with Crippen LogP contribution < -0.4 is 9.64 Å². The predicted octanol–water partition coefficient (Wildman–Crippen LogP) is 3.63. The van der Waals surface area contributed by atoms with E-state index in [1.165, 1.54) is 10.9 Å². The Balaban J connectivity index is 1.83. The van der Waals surface area contributed by atoms with E-state index in [0.29, 0.717) is 19.0 Å². The number of rotatable bonds is 5. The number of nitro groups is 1. The van der Waals surface area contributed by atoms with E-state index >= 15 is 0 Å². The highest BCUT2D eigenvalue weighted by atomic mass is 32.1. The molecule has 1 unspecified atom stereocenters. The molecule has 0 bridgehead atoms. The van der Waals surface area contributed by atoms with Gasteiger partial charge in [0.25, 0.3) is 0 Å². The summed E-state index contributed by atoms with van der Waals surface area (Å²) in [5.41, 5.74) is 0.919. The Morgan fingerprint density at radius 3 is 3.04 bits per heavy atom. The van der Waals surface area contributed by atoms with Crippen molar-refractivity contribution in [3.8, 4) is 5.75 Å². The summed E-state index contributed by atoms with van der Waals surface area (Å²) in [6.07, 6.45) is 0.0366. The third kappa shape index (κ3) is 3.46. The van der Waals surface area contributed by atoms with Crippen molar-refractivity contribution in [1.82, 2.24) is 0 Å². The minimum atomic E-state index is -0.414. The molecule has 1 atom stereocenters. The first kappa shape index (κ1) is 15.8. The zero-order chi connectivity index (χ0) is 16.2. The molecule has 1 fully saturated rings. The van der Waals surface area contributed by atoms with Crippen LogP contribution in [0.2, 0.25) is 0 Å². The first-order chi connectivity index (χ1) is 11.2. The first-order valence-electron chi connectivity index (χ1n) is 7.50. The van der Waals surface area contributed by atoms with E-state index in [4.69, 9.17) is 9.47 Å². The molecule has 2 aromatic rings. The van der Waals surface area contributed by atoms with Crippen molar-refractivity contribution in [3.05, 3.63) is 50.7 Å². The average molecular weight is 334 g/mol. The molecular weight excluding hydrogens is 316 g/mol. The maximum atomic E-state index is 11.1. The lowest BCUT2D eigenvalue weighted by molar-refractivity contribution is -0.385. The molecule has 0 saturated carbocycles. The van der Waals surface area contributed by atoms with Crippen LogP contribution in [0, 0.1) is 10.1 Å². The van der Waals surface area contributed by atoms with E-state index in [9.17, 15) is 10.1 Å². The van der Waals surface area contributed by atoms with E-state index < -0.39 is 4.92 Å². The second kappa shape index (κ2) is 6.97. The summed E-state index contributed by atoms with van der Waals surface area (Å²) in [7, 11) is 0. The topological polar surface area (TPSA) is 64.8 Å². The van der Waals surface area contributed by atoms with Crippen molar-refractivity contribution in [1.29, 1.82) is 0 Å². The number of nitrogens with zero attached hydrogens (tertiary/aromatic N) is 2.